The van der Waals surface area contributed by atoms with Crippen LogP contribution >= 0.6 is 0 Å². The van der Waals surface area contributed by atoms with Crippen molar-refractivity contribution in [1.82, 2.24) is 0 Å². The van der Waals surface area contributed by atoms with Crippen LogP contribution in [0.15, 0.2) is 5.11 Å². The molecule has 66 valence electrons. The van der Waals surface area contributed by atoms with Gasteiger partial charge in [0.05, 0.1) is 13.2 Å². The fourth-order valence-electron chi connectivity index (χ4n) is 1.83. The van der Waals surface area contributed by atoms with Crippen molar-refractivity contribution < 1.29 is 9.47 Å². The van der Waals surface area contributed by atoms with Crippen molar-refractivity contribution in [3.05, 3.63) is 10.4 Å². The highest BCUT2D eigenvalue weighted by Gasteiger charge is 2.48. The van der Waals surface area contributed by atoms with Gasteiger partial charge in [-0.2, -0.15) is 0 Å². The summed E-state index contributed by atoms with van der Waals surface area (Å²) < 4.78 is 10.9. The van der Waals surface area contributed by atoms with Crippen LogP contribution in [0.4, 0.5) is 0 Å². The number of azide groups is 1. The molecule has 5 heteroatoms. The molecular weight excluding hydrogens is 158 g/mol. The van der Waals surface area contributed by atoms with Gasteiger partial charge in [-0.25, -0.2) is 0 Å². The molecule has 5 nitrogen and oxygen atoms in total. The van der Waals surface area contributed by atoms with Gasteiger partial charge in [0.25, 0.3) is 0 Å². The summed E-state index contributed by atoms with van der Waals surface area (Å²) in [5.41, 5.74) is 8.09. The number of ether oxygens (including phenoxy) is 2. The molecule has 2 rings (SSSR count). The first-order valence-corrected chi connectivity index (χ1v) is 4.13. The number of rotatable bonds is 2. The number of hydrogen-bond acceptors (Lipinski definition) is 3. The lowest BCUT2D eigenvalue weighted by Gasteiger charge is -2.42. The zero-order chi connectivity index (χ0) is 8.44. The minimum atomic E-state index is -0.296. The van der Waals surface area contributed by atoms with Gasteiger partial charge < -0.3 is 9.47 Å². The van der Waals surface area contributed by atoms with Crippen molar-refractivity contribution in [1.29, 1.82) is 0 Å². The van der Waals surface area contributed by atoms with Crippen LogP contribution < -0.4 is 0 Å². The summed E-state index contributed by atoms with van der Waals surface area (Å²) in [5, 5.41) is 3.52. The SMILES string of the molecule is [N-]=[N+]=NCC1CC2(C1)OCCO2. The Morgan fingerprint density at radius 1 is 1.42 bits per heavy atom. The smallest absolute Gasteiger partial charge is 0.169 e. The zero-order valence-electron chi connectivity index (χ0n) is 6.77. The predicted molar refractivity (Wildman–Crippen MR) is 41.4 cm³/mol. The van der Waals surface area contributed by atoms with E-state index in [0.717, 1.165) is 12.8 Å². The fraction of sp³-hybridized carbons (Fsp3) is 1.00. The zero-order valence-corrected chi connectivity index (χ0v) is 6.77. The van der Waals surface area contributed by atoms with Gasteiger partial charge in [0.2, 0.25) is 0 Å². The third-order valence-electron chi connectivity index (χ3n) is 2.42. The van der Waals surface area contributed by atoms with Gasteiger partial charge in [-0.05, 0) is 11.4 Å². The van der Waals surface area contributed by atoms with E-state index in [-0.39, 0.29) is 5.79 Å². The molecule has 1 heterocycles. The molecule has 1 spiro atoms. The maximum atomic E-state index is 8.09. The van der Waals surface area contributed by atoms with E-state index in [9.17, 15) is 0 Å². The summed E-state index contributed by atoms with van der Waals surface area (Å²) in [7, 11) is 0. The Morgan fingerprint density at radius 2 is 2.08 bits per heavy atom. The standard InChI is InChI=1S/C7H11N3O2/c8-10-9-5-6-3-7(4-6)11-1-2-12-7/h6H,1-5H2. The quantitative estimate of drug-likeness (QED) is 0.356. The van der Waals surface area contributed by atoms with Crippen LogP contribution in [0.5, 0.6) is 0 Å². The lowest BCUT2D eigenvalue weighted by atomic mass is 9.79. The van der Waals surface area contributed by atoms with Gasteiger partial charge in [0.15, 0.2) is 5.79 Å². The Morgan fingerprint density at radius 3 is 2.67 bits per heavy atom. The van der Waals surface area contributed by atoms with Gasteiger partial charge >= 0.3 is 0 Å². The molecule has 1 saturated heterocycles. The van der Waals surface area contributed by atoms with E-state index < -0.39 is 0 Å². The van der Waals surface area contributed by atoms with E-state index in [1.54, 1.807) is 0 Å². The average molecular weight is 169 g/mol. The first-order valence-electron chi connectivity index (χ1n) is 4.13. The average Bonchev–Trinajstić information content (AvgIpc) is 2.46. The summed E-state index contributed by atoms with van der Waals surface area (Å²) >= 11 is 0. The summed E-state index contributed by atoms with van der Waals surface area (Å²) in [5.74, 6) is 0.161. The first kappa shape index (κ1) is 7.86. The molecule has 0 radical (unpaired) electrons. The van der Waals surface area contributed by atoms with Gasteiger partial charge in [-0.3, -0.25) is 0 Å². The highest BCUT2D eigenvalue weighted by molar-refractivity contribution is 4.91. The van der Waals surface area contributed by atoms with Crippen molar-refractivity contribution in [3.63, 3.8) is 0 Å². The third kappa shape index (κ3) is 1.27. The molecule has 0 aromatic carbocycles. The van der Waals surface area contributed by atoms with E-state index in [1.807, 2.05) is 0 Å². The minimum Gasteiger partial charge on any atom is -0.348 e. The molecular formula is C7H11N3O2. The van der Waals surface area contributed by atoms with Crippen molar-refractivity contribution in [2.75, 3.05) is 19.8 Å². The summed E-state index contributed by atoms with van der Waals surface area (Å²) in [6.45, 7) is 1.98. The van der Waals surface area contributed by atoms with E-state index >= 15 is 0 Å². The van der Waals surface area contributed by atoms with Crippen LogP contribution in [-0.2, 0) is 9.47 Å². The van der Waals surface area contributed by atoms with Gasteiger partial charge in [0, 0.05) is 24.3 Å². The van der Waals surface area contributed by atoms with Crippen LogP contribution in [0.25, 0.3) is 10.4 Å². The Bertz CT molecular complexity index is 211. The second-order valence-corrected chi connectivity index (χ2v) is 3.30. The van der Waals surface area contributed by atoms with Crippen LogP contribution in [0.2, 0.25) is 0 Å². The molecule has 0 N–H and O–H groups in total. The van der Waals surface area contributed by atoms with Gasteiger partial charge in [-0.1, -0.05) is 5.11 Å². The Labute approximate surface area is 70.3 Å². The van der Waals surface area contributed by atoms with Crippen LogP contribution in [0, 0.1) is 5.92 Å². The van der Waals surface area contributed by atoms with E-state index in [1.165, 1.54) is 0 Å². The monoisotopic (exact) mass is 169 g/mol. The number of nitrogens with zero attached hydrogens (tertiary/aromatic N) is 3. The van der Waals surface area contributed by atoms with Gasteiger partial charge in [-0.15, -0.1) is 0 Å². The molecule has 2 aliphatic rings. The number of hydrogen-bond donors (Lipinski definition) is 0. The fourth-order valence-corrected chi connectivity index (χ4v) is 1.83. The molecule has 1 aliphatic carbocycles. The maximum Gasteiger partial charge on any atom is 0.169 e. The van der Waals surface area contributed by atoms with Gasteiger partial charge in [0.1, 0.15) is 0 Å². The highest BCUT2D eigenvalue weighted by atomic mass is 16.7. The molecule has 0 amide bonds. The molecule has 0 bridgehead atoms. The van der Waals surface area contributed by atoms with Crippen molar-refractivity contribution in [2.45, 2.75) is 18.6 Å². The lowest BCUT2D eigenvalue weighted by molar-refractivity contribution is -0.228. The summed E-state index contributed by atoms with van der Waals surface area (Å²) in [6, 6.07) is 0. The molecule has 0 aromatic rings. The van der Waals surface area contributed by atoms with Crippen molar-refractivity contribution >= 4 is 0 Å². The van der Waals surface area contributed by atoms with Crippen molar-refractivity contribution in [2.24, 2.45) is 11.0 Å². The Hall–Kier alpha value is -0.770. The lowest BCUT2D eigenvalue weighted by Crippen LogP contribution is -2.45. The van der Waals surface area contributed by atoms with E-state index in [4.69, 9.17) is 15.0 Å². The molecule has 1 saturated carbocycles. The molecule has 12 heavy (non-hydrogen) atoms. The normalized spacial score (nSPS) is 26.7. The second kappa shape index (κ2) is 2.94. The second-order valence-electron chi connectivity index (χ2n) is 3.30. The largest absolute Gasteiger partial charge is 0.348 e. The van der Waals surface area contributed by atoms with Crippen molar-refractivity contribution in [3.8, 4) is 0 Å². The van der Waals surface area contributed by atoms with E-state index in [0.29, 0.717) is 25.7 Å². The highest BCUT2D eigenvalue weighted by Crippen LogP contribution is 2.44. The molecule has 1 aliphatic heterocycles. The molecule has 0 unspecified atom stereocenters. The third-order valence-corrected chi connectivity index (χ3v) is 2.42. The Balaban J connectivity index is 1.78. The first-order chi connectivity index (χ1) is 5.85. The Kier molecular flexibility index (Phi) is 1.92. The topological polar surface area (TPSA) is 67.2 Å². The predicted octanol–water partition coefficient (Wildman–Crippen LogP) is 1.45. The molecule has 2 fully saturated rings. The van der Waals surface area contributed by atoms with Crippen LogP contribution in [0.1, 0.15) is 12.8 Å². The summed E-state index contributed by atoms with van der Waals surface area (Å²) in [4.78, 5) is 2.72. The minimum absolute atomic E-state index is 0.296. The molecule has 0 atom stereocenters. The molecule has 0 aromatic heterocycles. The van der Waals surface area contributed by atoms with E-state index in [2.05, 4.69) is 10.0 Å². The van der Waals surface area contributed by atoms with Crippen LogP contribution in [-0.4, -0.2) is 25.5 Å². The van der Waals surface area contributed by atoms with Crippen LogP contribution in [0.3, 0.4) is 0 Å². The summed E-state index contributed by atoms with van der Waals surface area (Å²) in [6.07, 6.45) is 1.76. The maximum absolute atomic E-state index is 8.09.